The van der Waals surface area contributed by atoms with Crippen LogP contribution in [0.4, 0.5) is 5.95 Å². The lowest BCUT2D eigenvalue weighted by atomic mass is 10.1. The molecule has 0 aromatic carbocycles. The number of aromatic amines is 1. The summed E-state index contributed by atoms with van der Waals surface area (Å²) in [6, 6.07) is 0.271. The normalized spacial score (nSPS) is 15.5. The first-order chi connectivity index (χ1) is 10.7. The Bertz CT molecular complexity index is 638. The van der Waals surface area contributed by atoms with E-state index in [2.05, 4.69) is 25.3 Å². The van der Waals surface area contributed by atoms with Crippen LogP contribution in [0.3, 0.4) is 0 Å². The minimum Gasteiger partial charge on any atom is -0.402 e. The molecule has 2 N–H and O–H groups in total. The van der Waals surface area contributed by atoms with E-state index in [1.807, 2.05) is 0 Å². The van der Waals surface area contributed by atoms with E-state index in [-0.39, 0.29) is 17.6 Å². The average Bonchev–Trinajstić information content (AvgIpc) is 3.06. The molecule has 0 atom stereocenters. The number of aryl methyl sites for hydroxylation is 1. The molecule has 0 bridgehead atoms. The van der Waals surface area contributed by atoms with Gasteiger partial charge in [0, 0.05) is 31.0 Å². The molecule has 3 heterocycles. The van der Waals surface area contributed by atoms with E-state index in [1.165, 1.54) is 12.5 Å². The van der Waals surface area contributed by atoms with Gasteiger partial charge in [-0.1, -0.05) is 0 Å². The lowest BCUT2D eigenvalue weighted by Crippen LogP contribution is -2.28. The summed E-state index contributed by atoms with van der Waals surface area (Å²) < 4.78 is 10.6. The molecule has 3 rings (SSSR count). The number of hydrogen-bond donors (Lipinski definition) is 2. The third-order valence-corrected chi connectivity index (χ3v) is 3.39. The lowest BCUT2D eigenvalue weighted by Gasteiger charge is -2.23. The Morgan fingerprint density at radius 3 is 2.95 bits per heavy atom. The first-order valence-electron chi connectivity index (χ1n) is 7.11. The van der Waals surface area contributed by atoms with E-state index >= 15 is 0 Å². The number of rotatable bonds is 4. The largest absolute Gasteiger partial charge is 0.402 e. The molecule has 2 aromatic heterocycles. The second kappa shape index (κ2) is 6.52. The van der Waals surface area contributed by atoms with Gasteiger partial charge in [-0.25, -0.2) is 14.8 Å². The lowest BCUT2D eigenvalue weighted by molar-refractivity contribution is 0.0720. The molecule has 0 saturated carbocycles. The van der Waals surface area contributed by atoms with Crippen molar-refractivity contribution in [2.75, 3.05) is 18.5 Å². The number of ether oxygens (including phenoxy) is 2. The van der Waals surface area contributed by atoms with Gasteiger partial charge in [-0.15, -0.1) is 0 Å². The fourth-order valence-electron chi connectivity index (χ4n) is 2.13. The van der Waals surface area contributed by atoms with Gasteiger partial charge in [-0.2, -0.15) is 4.98 Å². The van der Waals surface area contributed by atoms with Crippen LogP contribution in [0.2, 0.25) is 0 Å². The summed E-state index contributed by atoms with van der Waals surface area (Å²) in [5.41, 5.74) is 0.961. The SMILES string of the molecule is Cc1cnc(NC2CCOCC2)nc1OC(=O)c1cnc[nH]1. The van der Waals surface area contributed by atoms with Crippen LogP contribution in [-0.2, 0) is 4.74 Å². The molecule has 0 amide bonds. The number of carbonyl (C=O) groups is 1. The van der Waals surface area contributed by atoms with Gasteiger partial charge < -0.3 is 19.8 Å². The van der Waals surface area contributed by atoms with E-state index in [4.69, 9.17) is 9.47 Å². The Hall–Kier alpha value is -2.48. The summed E-state index contributed by atoms with van der Waals surface area (Å²) in [5.74, 6) is 0.158. The van der Waals surface area contributed by atoms with Gasteiger partial charge in [0.25, 0.3) is 0 Å². The number of nitrogens with zero attached hydrogens (tertiary/aromatic N) is 3. The predicted molar refractivity (Wildman–Crippen MR) is 77.8 cm³/mol. The van der Waals surface area contributed by atoms with E-state index in [1.54, 1.807) is 13.1 Å². The van der Waals surface area contributed by atoms with Crippen molar-refractivity contribution in [3.8, 4) is 5.88 Å². The number of anilines is 1. The summed E-state index contributed by atoms with van der Waals surface area (Å²) in [7, 11) is 0. The number of aromatic nitrogens is 4. The highest BCUT2D eigenvalue weighted by atomic mass is 16.5. The van der Waals surface area contributed by atoms with Gasteiger partial charge in [0.1, 0.15) is 5.69 Å². The van der Waals surface area contributed by atoms with Gasteiger partial charge in [-0.3, -0.25) is 0 Å². The van der Waals surface area contributed by atoms with Crippen LogP contribution in [0.25, 0.3) is 0 Å². The Kier molecular flexibility index (Phi) is 4.29. The van der Waals surface area contributed by atoms with Crippen molar-refractivity contribution >= 4 is 11.9 Å². The van der Waals surface area contributed by atoms with Crippen molar-refractivity contribution in [2.24, 2.45) is 0 Å². The first kappa shape index (κ1) is 14.5. The van der Waals surface area contributed by atoms with Crippen LogP contribution in [0.15, 0.2) is 18.7 Å². The zero-order valence-corrected chi connectivity index (χ0v) is 12.2. The van der Waals surface area contributed by atoms with Crippen molar-refractivity contribution in [2.45, 2.75) is 25.8 Å². The monoisotopic (exact) mass is 303 g/mol. The third kappa shape index (κ3) is 3.40. The van der Waals surface area contributed by atoms with Crippen molar-refractivity contribution in [1.82, 2.24) is 19.9 Å². The highest BCUT2D eigenvalue weighted by molar-refractivity contribution is 5.88. The molecular weight excluding hydrogens is 286 g/mol. The second-order valence-corrected chi connectivity index (χ2v) is 5.07. The number of esters is 1. The van der Waals surface area contributed by atoms with Crippen LogP contribution in [0, 0.1) is 6.92 Å². The zero-order chi connectivity index (χ0) is 15.4. The minimum atomic E-state index is -0.531. The number of hydrogen-bond acceptors (Lipinski definition) is 7. The molecule has 1 saturated heterocycles. The van der Waals surface area contributed by atoms with E-state index in [0.29, 0.717) is 11.5 Å². The highest BCUT2D eigenvalue weighted by Gasteiger charge is 2.17. The Labute approximate surface area is 127 Å². The van der Waals surface area contributed by atoms with Crippen LogP contribution in [-0.4, -0.2) is 45.2 Å². The van der Waals surface area contributed by atoms with Crippen LogP contribution in [0.1, 0.15) is 28.9 Å². The number of H-pyrrole nitrogens is 1. The topological polar surface area (TPSA) is 102 Å². The van der Waals surface area contributed by atoms with Crippen molar-refractivity contribution in [3.05, 3.63) is 30.0 Å². The van der Waals surface area contributed by atoms with Crippen molar-refractivity contribution in [3.63, 3.8) is 0 Å². The van der Waals surface area contributed by atoms with E-state index in [0.717, 1.165) is 26.1 Å². The molecule has 0 aliphatic carbocycles. The summed E-state index contributed by atoms with van der Waals surface area (Å²) in [6.45, 7) is 3.24. The molecule has 8 heteroatoms. The van der Waals surface area contributed by atoms with E-state index < -0.39 is 5.97 Å². The van der Waals surface area contributed by atoms with Gasteiger partial charge in [-0.05, 0) is 19.8 Å². The Morgan fingerprint density at radius 2 is 2.23 bits per heavy atom. The molecule has 1 aliphatic rings. The van der Waals surface area contributed by atoms with Crippen LogP contribution < -0.4 is 10.1 Å². The maximum Gasteiger partial charge on any atom is 0.363 e. The molecule has 116 valence electrons. The molecular formula is C14H17N5O3. The summed E-state index contributed by atoms with van der Waals surface area (Å²) in [5, 5.41) is 3.24. The second-order valence-electron chi connectivity index (χ2n) is 5.07. The Morgan fingerprint density at radius 1 is 1.41 bits per heavy atom. The molecule has 0 radical (unpaired) electrons. The molecule has 22 heavy (non-hydrogen) atoms. The van der Waals surface area contributed by atoms with Gasteiger partial charge in [0.05, 0.1) is 12.5 Å². The van der Waals surface area contributed by atoms with Crippen molar-refractivity contribution < 1.29 is 14.3 Å². The number of imidazole rings is 1. The fourth-order valence-corrected chi connectivity index (χ4v) is 2.13. The van der Waals surface area contributed by atoms with Gasteiger partial charge in [0.2, 0.25) is 11.8 Å². The van der Waals surface area contributed by atoms with Crippen LogP contribution >= 0.6 is 0 Å². The number of nitrogens with one attached hydrogen (secondary N) is 2. The average molecular weight is 303 g/mol. The van der Waals surface area contributed by atoms with Crippen molar-refractivity contribution in [1.29, 1.82) is 0 Å². The molecule has 1 fully saturated rings. The summed E-state index contributed by atoms with van der Waals surface area (Å²) in [4.78, 5) is 26.9. The first-order valence-corrected chi connectivity index (χ1v) is 7.11. The predicted octanol–water partition coefficient (Wildman–Crippen LogP) is 1.32. The fraction of sp³-hybridized carbons (Fsp3) is 0.429. The summed E-state index contributed by atoms with van der Waals surface area (Å²) in [6.07, 6.45) is 6.26. The Balaban J connectivity index is 1.70. The van der Waals surface area contributed by atoms with Crippen LogP contribution in [0.5, 0.6) is 5.88 Å². The third-order valence-electron chi connectivity index (χ3n) is 3.39. The van der Waals surface area contributed by atoms with E-state index in [9.17, 15) is 4.79 Å². The molecule has 0 spiro atoms. The number of carbonyl (C=O) groups excluding carboxylic acids is 1. The zero-order valence-electron chi connectivity index (χ0n) is 12.2. The minimum absolute atomic E-state index is 0.240. The molecule has 1 aliphatic heterocycles. The molecule has 8 nitrogen and oxygen atoms in total. The van der Waals surface area contributed by atoms with Gasteiger partial charge >= 0.3 is 5.97 Å². The maximum atomic E-state index is 11.9. The quantitative estimate of drug-likeness (QED) is 0.821. The highest BCUT2D eigenvalue weighted by Crippen LogP contribution is 2.18. The maximum absolute atomic E-state index is 11.9. The summed E-state index contributed by atoms with van der Waals surface area (Å²) >= 11 is 0. The van der Waals surface area contributed by atoms with Gasteiger partial charge in [0.15, 0.2) is 0 Å². The molecule has 2 aromatic rings. The molecule has 0 unspecified atom stereocenters. The standard InChI is InChI=1S/C14H17N5O3/c1-9-6-16-14(18-10-2-4-21-5-3-10)19-12(9)22-13(20)11-7-15-8-17-11/h6-8,10H,2-5H2,1H3,(H,15,17)(H,16,18,19). The smallest absolute Gasteiger partial charge is 0.363 e.